The molecule has 0 atom stereocenters. The summed E-state index contributed by atoms with van der Waals surface area (Å²) in [6, 6.07) is 10.3. The van der Waals surface area contributed by atoms with Gasteiger partial charge in [0.05, 0.1) is 26.0 Å². The SMILES string of the molecule is COc1ccc(Cl)cc1/C=N\NC(=O)c1cc(Br)ccc1OC. The van der Waals surface area contributed by atoms with Crippen LogP contribution in [0.15, 0.2) is 46.0 Å². The van der Waals surface area contributed by atoms with E-state index in [1.165, 1.54) is 13.3 Å². The van der Waals surface area contributed by atoms with Crippen molar-refractivity contribution in [3.63, 3.8) is 0 Å². The second kappa shape index (κ2) is 7.99. The number of nitrogens with one attached hydrogen (secondary N) is 1. The number of benzene rings is 2. The molecule has 0 aliphatic heterocycles. The van der Waals surface area contributed by atoms with Gasteiger partial charge in [-0.2, -0.15) is 5.10 Å². The highest BCUT2D eigenvalue weighted by molar-refractivity contribution is 9.10. The number of hydrogen-bond acceptors (Lipinski definition) is 4. The number of nitrogens with zero attached hydrogens (tertiary/aromatic N) is 1. The summed E-state index contributed by atoms with van der Waals surface area (Å²) in [6.07, 6.45) is 1.47. The van der Waals surface area contributed by atoms with Crippen molar-refractivity contribution < 1.29 is 14.3 Å². The third-order valence-corrected chi connectivity index (χ3v) is 3.70. The van der Waals surface area contributed by atoms with E-state index in [2.05, 4.69) is 26.5 Å². The zero-order valence-corrected chi connectivity index (χ0v) is 14.8. The Balaban J connectivity index is 2.16. The fourth-order valence-electron chi connectivity index (χ4n) is 1.88. The first-order valence-electron chi connectivity index (χ1n) is 6.55. The van der Waals surface area contributed by atoms with Gasteiger partial charge in [0, 0.05) is 15.1 Å². The van der Waals surface area contributed by atoms with Crippen LogP contribution >= 0.6 is 27.5 Å². The number of carbonyl (C=O) groups excluding carboxylic acids is 1. The van der Waals surface area contributed by atoms with Crippen LogP contribution in [-0.2, 0) is 0 Å². The van der Waals surface area contributed by atoms with Crippen molar-refractivity contribution in [3.8, 4) is 11.5 Å². The van der Waals surface area contributed by atoms with Crippen LogP contribution in [0.2, 0.25) is 5.02 Å². The molecule has 0 radical (unpaired) electrons. The molecule has 7 heteroatoms. The lowest BCUT2D eigenvalue weighted by Gasteiger charge is -2.07. The Kier molecular flexibility index (Phi) is 6.01. The molecular weight excluding hydrogens is 384 g/mol. The molecule has 0 bridgehead atoms. The van der Waals surface area contributed by atoms with Crippen LogP contribution in [0, 0.1) is 0 Å². The van der Waals surface area contributed by atoms with Gasteiger partial charge in [-0.1, -0.05) is 27.5 Å². The molecule has 0 heterocycles. The standard InChI is InChI=1S/C16H14BrClN2O3/c1-22-14-6-4-12(18)7-10(14)9-19-20-16(21)13-8-11(17)3-5-15(13)23-2/h3-9H,1-2H3,(H,20,21)/b19-9-. The van der Waals surface area contributed by atoms with E-state index in [0.29, 0.717) is 27.6 Å². The van der Waals surface area contributed by atoms with E-state index in [1.807, 2.05) is 0 Å². The van der Waals surface area contributed by atoms with Crippen LogP contribution < -0.4 is 14.9 Å². The average Bonchev–Trinajstić information content (AvgIpc) is 2.55. The molecule has 2 rings (SSSR count). The summed E-state index contributed by atoms with van der Waals surface area (Å²) in [5.41, 5.74) is 3.48. The number of carbonyl (C=O) groups is 1. The number of rotatable bonds is 5. The third-order valence-electron chi connectivity index (χ3n) is 2.97. The van der Waals surface area contributed by atoms with Crippen LogP contribution in [0.5, 0.6) is 11.5 Å². The molecule has 0 spiro atoms. The van der Waals surface area contributed by atoms with Gasteiger partial charge in [0.2, 0.25) is 0 Å². The number of halogens is 2. The lowest BCUT2D eigenvalue weighted by Crippen LogP contribution is -2.18. The summed E-state index contributed by atoms with van der Waals surface area (Å²) < 4.78 is 11.1. The highest BCUT2D eigenvalue weighted by Gasteiger charge is 2.12. The maximum atomic E-state index is 12.2. The Morgan fingerprint density at radius 3 is 2.57 bits per heavy atom. The minimum absolute atomic E-state index is 0.372. The zero-order chi connectivity index (χ0) is 16.8. The summed E-state index contributed by atoms with van der Waals surface area (Å²) in [7, 11) is 3.05. The quantitative estimate of drug-likeness (QED) is 0.615. The highest BCUT2D eigenvalue weighted by Crippen LogP contribution is 2.23. The highest BCUT2D eigenvalue weighted by atomic mass is 79.9. The number of methoxy groups -OCH3 is 2. The largest absolute Gasteiger partial charge is 0.496 e. The van der Waals surface area contributed by atoms with E-state index >= 15 is 0 Å². The minimum Gasteiger partial charge on any atom is -0.496 e. The van der Waals surface area contributed by atoms with Crippen LogP contribution in [0.3, 0.4) is 0 Å². The Bertz CT molecular complexity index is 750. The summed E-state index contributed by atoms with van der Waals surface area (Å²) in [5.74, 6) is 0.675. The van der Waals surface area contributed by atoms with Gasteiger partial charge in [-0.3, -0.25) is 4.79 Å². The normalized spacial score (nSPS) is 10.6. The summed E-state index contributed by atoms with van der Waals surface area (Å²) in [4.78, 5) is 12.2. The smallest absolute Gasteiger partial charge is 0.275 e. The molecule has 0 saturated carbocycles. The average molecular weight is 398 g/mol. The molecule has 0 fully saturated rings. The molecule has 1 amide bonds. The van der Waals surface area contributed by atoms with E-state index < -0.39 is 0 Å². The Morgan fingerprint density at radius 2 is 1.87 bits per heavy atom. The fraction of sp³-hybridized carbons (Fsp3) is 0.125. The maximum Gasteiger partial charge on any atom is 0.275 e. The number of hydrazone groups is 1. The van der Waals surface area contributed by atoms with Crippen molar-refractivity contribution in [3.05, 3.63) is 57.0 Å². The van der Waals surface area contributed by atoms with E-state index in [1.54, 1.807) is 43.5 Å². The minimum atomic E-state index is -0.389. The Labute approximate surface area is 147 Å². The van der Waals surface area contributed by atoms with Gasteiger partial charge >= 0.3 is 0 Å². The third kappa shape index (κ3) is 4.46. The van der Waals surface area contributed by atoms with Gasteiger partial charge in [0.1, 0.15) is 11.5 Å². The van der Waals surface area contributed by atoms with Crippen molar-refractivity contribution in [1.29, 1.82) is 0 Å². The fourth-order valence-corrected chi connectivity index (χ4v) is 2.43. The second-order valence-corrected chi connectivity index (χ2v) is 5.78. The molecule has 23 heavy (non-hydrogen) atoms. The lowest BCUT2D eigenvalue weighted by atomic mass is 10.2. The van der Waals surface area contributed by atoms with Crippen molar-refractivity contribution in [2.45, 2.75) is 0 Å². The maximum absolute atomic E-state index is 12.2. The van der Waals surface area contributed by atoms with E-state index in [9.17, 15) is 4.79 Å². The summed E-state index contributed by atoms with van der Waals surface area (Å²) >= 11 is 9.26. The van der Waals surface area contributed by atoms with Gasteiger partial charge in [-0.05, 0) is 36.4 Å². The lowest BCUT2D eigenvalue weighted by molar-refractivity contribution is 0.0952. The zero-order valence-electron chi connectivity index (χ0n) is 12.5. The van der Waals surface area contributed by atoms with Gasteiger partial charge in [0.15, 0.2) is 0 Å². The van der Waals surface area contributed by atoms with Crippen molar-refractivity contribution in [2.24, 2.45) is 5.10 Å². The topological polar surface area (TPSA) is 59.9 Å². The predicted molar refractivity (Wildman–Crippen MR) is 93.8 cm³/mol. The summed E-state index contributed by atoms with van der Waals surface area (Å²) in [5, 5.41) is 4.49. The van der Waals surface area contributed by atoms with Gasteiger partial charge in [-0.15, -0.1) is 0 Å². The van der Waals surface area contributed by atoms with Crippen molar-refractivity contribution in [1.82, 2.24) is 5.43 Å². The molecule has 5 nitrogen and oxygen atoms in total. The monoisotopic (exact) mass is 396 g/mol. The molecule has 0 saturated heterocycles. The molecule has 120 valence electrons. The van der Waals surface area contributed by atoms with E-state index in [0.717, 1.165) is 4.47 Å². The molecular formula is C16H14BrClN2O3. The van der Waals surface area contributed by atoms with Crippen LogP contribution in [0.1, 0.15) is 15.9 Å². The number of ether oxygens (including phenoxy) is 2. The van der Waals surface area contributed by atoms with Crippen LogP contribution in [0.4, 0.5) is 0 Å². The molecule has 2 aromatic carbocycles. The first-order valence-corrected chi connectivity index (χ1v) is 7.72. The molecule has 0 aromatic heterocycles. The van der Waals surface area contributed by atoms with Crippen molar-refractivity contribution in [2.75, 3.05) is 14.2 Å². The molecule has 0 unspecified atom stereocenters. The Hall–Kier alpha value is -2.05. The Morgan fingerprint density at radius 1 is 1.17 bits per heavy atom. The number of hydrogen-bond donors (Lipinski definition) is 1. The van der Waals surface area contributed by atoms with Crippen molar-refractivity contribution >= 4 is 39.7 Å². The predicted octanol–water partition coefficient (Wildman–Crippen LogP) is 3.88. The van der Waals surface area contributed by atoms with Gasteiger partial charge in [0.25, 0.3) is 5.91 Å². The molecule has 2 aromatic rings. The van der Waals surface area contributed by atoms with Gasteiger partial charge in [-0.25, -0.2) is 5.43 Å². The second-order valence-electron chi connectivity index (χ2n) is 4.43. The number of amides is 1. The van der Waals surface area contributed by atoms with E-state index in [-0.39, 0.29) is 5.91 Å². The van der Waals surface area contributed by atoms with E-state index in [4.69, 9.17) is 21.1 Å². The molecule has 0 aliphatic carbocycles. The van der Waals surface area contributed by atoms with Crippen LogP contribution in [-0.4, -0.2) is 26.3 Å². The first kappa shape index (κ1) is 17.3. The first-order chi connectivity index (χ1) is 11.0. The molecule has 0 aliphatic rings. The van der Waals surface area contributed by atoms with Crippen LogP contribution in [0.25, 0.3) is 0 Å². The molecule has 1 N–H and O–H groups in total. The van der Waals surface area contributed by atoms with Gasteiger partial charge < -0.3 is 9.47 Å². The summed E-state index contributed by atoms with van der Waals surface area (Å²) in [6.45, 7) is 0.